The Hall–Kier alpha value is -2.49. The molecule has 1 fully saturated rings. The first kappa shape index (κ1) is 18.9. The maximum absolute atomic E-state index is 13.0. The molecule has 4 rings (SSSR count). The number of halogens is 1. The lowest BCUT2D eigenvalue weighted by Gasteiger charge is -2.36. The van der Waals surface area contributed by atoms with Gasteiger partial charge in [-0.05, 0) is 41.7 Å². The Morgan fingerprint density at radius 3 is 1.96 bits per heavy atom. The SMILES string of the molecule is Fc1ccc(CN[C@@H]2CCC(C(c3ccccc3)c3ccccc3)NC2)cc1. The van der Waals surface area contributed by atoms with Crippen LogP contribution in [0.5, 0.6) is 0 Å². The summed E-state index contributed by atoms with van der Waals surface area (Å²) in [7, 11) is 0. The highest BCUT2D eigenvalue weighted by atomic mass is 19.1. The summed E-state index contributed by atoms with van der Waals surface area (Å²) in [5, 5.41) is 7.40. The minimum Gasteiger partial charge on any atom is -0.311 e. The van der Waals surface area contributed by atoms with Crippen molar-refractivity contribution in [1.29, 1.82) is 0 Å². The lowest BCUT2D eigenvalue weighted by molar-refractivity contribution is 0.307. The van der Waals surface area contributed by atoms with Crippen LogP contribution in [-0.2, 0) is 6.54 Å². The van der Waals surface area contributed by atoms with Crippen molar-refractivity contribution in [3.63, 3.8) is 0 Å². The van der Waals surface area contributed by atoms with Gasteiger partial charge in [-0.15, -0.1) is 0 Å². The number of hydrogen-bond acceptors (Lipinski definition) is 2. The van der Waals surface area contributed by atoms with Crippen LogP contribution >= 0.6 is 0 Å². The predicted molar refractivity (Wildman–Crippen MR) is 113 cm³/mol. The van der Waals surface area contributed by atoms with E-state index in [1.165, 1.54) is 23.3 Å². The van der Waals surface area contributed by atoms with E-state index in [2.05, 4.69) is 71.3 Å². The normalized spacial score (nSPS) is 19.6. The molecule has 28 heavy (non-hydrogen) atoms. The summed E-state index contributed by atoms with van der Waals surface area (Å²) in [6.07, 6.45) is 2.25. The monoisotopic (exact) mass is 374 g/mol. The van der Waals surface area contributed by atoms with E-state index in [9.17, 15) is 4.39 Å². The Bertz CT molecular complexity index is 801. The summed E-state index contributed by atoms with van der Waals surface area (Å²) < 4.78 is 13.0. The van der Waals surface area contributed by atoms with Gasteiger partial charge in [0.05, 0.1) is 0 Å². The minimum atomic E-state index is -0.182. The van der Waals surface area contributed by atoms with Gasteiger partial charge in [0.25, 0.3) is 0 Å². The van der Waals surface area contributed by atoms with Gasteiger partial charge in [-0.1, -0.05) is 72.8 Å². The van der Waals surface area contributed by atoms with Gasteiger partial charge in [-0.3, -0.25) is 0 Å². The highest BCUT2D eigenvalue weighted by molar-refractivity contribution is 5.34. The molecule has 144 valence electrons. The van der Waals surface area contributed by atoms with Crippen LogP contribution < -0.4 is 10.6 Å². The number of rotatable bonds is 6. The molecule has 0 bridgehead atoms. The fourth-order valence-electron chi connectivity index (χ4n) is 4.18. The highest BCUT2D eigenvalue weighted by Gasteiger charge is 2.29. The molecule has 0 amide bonds. The van der Waals surface area contributed by atoms with Crippen molar-refractivity contribution in [3.05, 3.63) is 107 Å². The Balaban J connectivity index is 1.40. The Labute approximate surface area is 166 Å². The number of hydrogen-bond donors (Lipinski definition) is 2. The van der Waals surface area contributed by atoms with Gasteiger partial charge in [-0.2, -0.15) is 0 Å². The molecule has 1 aliphatic heterocycles. The second-order valence-electron chi connectivity index (χ2n) is 7.60. The quantitative estimate of drug-likeness (QED) is 0.643. The zero-order chi connectivity index (χ0) is 19.2. The van der Waals surface area contributed by atoms with E-state index in [-0.39, 0.29) is 5.82 Å². The predicted octanol–water partition coefficient (Wildman–Crippen LogP) is 4.87. The van der Waals surface area contributed by atoms with Gasteiger partial charge in [0.15, 0.2) is 0 Å². The molecule has 2 atom stereocenters. The second kappa shape index (κ2) is 9.13. The fourth-order valence-corrected chi connectivity index (χ4v) is 4.18. The van der Waals surface area contributed by atoms with Crippen LogP contribution in [0.3, 0.4) is 0 Å². The first-order valence-electron chi connectivity index (χ1n) is 10.1. The van der Waals surface area contributed by atoms with Crippen molar-refractivity contribution in [2.75, 3.05) is 6.54 Å². The average molecular weight is 375 g/mol. The molecule has 1 heterocycles. The van der Waals surface area contributed by atoms with Crippen LogP contribution in [0, 0.1) is 5.82 Å². The second-order valence-corrected chi connectivity index (χ2v) is 7.60. The molecule has 1 saturated heterocycles. The number of benzene rings is 3. The third-order valence-corrected chi connectivity index (χ3v) is 5.68. The number of piperidine rings is 1. The van der Waals surface area contributed by atoms with Crippen LogP contribution in [0.2, 0.25) is 0 Å². The molecule has 0 aliphatic carbocycles. The zero-order valence-corrected chi connectivity index (χ0v) is 16.0. The van der Waals surface area contributed by atoms with Crippen molar-refractivity contribution < 1.29 is 4.39 Å². The lowest BCUT2D eigenvalue weighted by atomic mass is 9.81. The maximum atomic E-state index is 13.0. The van der Waals surface area contributed by atoms with Crippen LogP contribution in [0.25, 0.3) is 0 Å². The van der Waals surface area contributed by atoms with Crippen molar-refractivity contribution in [3.8, 4) is 0 Å². The minimum absolute atomic E-state index is 0.182. The van der Waals surface area contributed by atoms with Gasteiger partial charge in [0.2, 0.25) is 0 Å². The molecule has 1 unspecified atom stereocenters. The van der Waals surface area contributed by atoms with Crippen molar-refractivity contribution in [1.82, 2.24) is 10.6 Å². The molecule has 0 spiro atoms. The molecule has 1 aliphatic rings. The summed E-state index contributed by atoms with van der Waals surface area (Å²) >= 11 is 0. The smallest absolute Gasteiger partial charge is 0.123 e. The Morgan fingerprint density at radius 1 is 0.821 bits per heavy atom. The Morgan fingerprint density at radius 2 is 1.43 bits per heavy atom. The molecule has 0 saturated carbocycles. The van der Waals surface area contributed by atoms with E-state index in [0.717, 1.165) is 31.5 Å². The first-order valence-corrected chi connectivity index (χ1v) is 10.1. The zero-order valence-electron chi connectivity index (χ0n) is 16.0. The van der Waals surface area contributed by atoms with Crippen LogP contribution in [0.1, 0.15) is 35.4 Å². The van der Waals surface area contributed by atoms with Gasteiger partial charge in [-0.25, -0.2) is 4.39 Å². The largest absolute Gasteiger partial charge is 0.311 e. The van der Waals surface area contributed by atoms with Crippen molar-refractivity contribution in [2.45, 2.75) is 37.4 Å². The van der Waals surface area contributed by atoms with E-state index >= 15 is 0 Å². The summed E-state index contributed by atoms with van der Waals surface area (Å²) in [5.41, 5.74) is 3.85. The molecule has 3 heteroatoms. The lowest BCUT2D eigenvalue weighted by Crippen LogP contribution is -2.49. The van der Waals surface area contributed by atoms with E-state index in [1.54, 1.807) is 0 Å². The summed E-state index contributed by atoms with van der Waals surface area (Å²) in [6.45, 7) is 1.72. The Kier molecular flexibility index (Phi) is 6.15. The first-order chi connectivity index (χ1) is 13.8. The molecule has 0 radical (unpaired) electrons. The van der Waals surface area contributed by atoms with Crippen LogP contribution in [0.15, 0.2) is 84.9 Å². The third kappa shape index (κ3) is 4.67. The van der Waals surface area contributed by atoms with E-state index in [0.29, 0.717) is 18.0 Å². The van der Waals surface area contributed by atoms with Crippen LogP contribution in [-0.4, -0.2) is 18.6 Å². The van der Waals surface area contributed by atoms with E-state index in [4.69, 9.17) is 0 Å². The van der Waals surface area contributed by atoms with Gasteiger partial charge in [0.1, 0.15) is 5.82 Å². The molecular weight excluding hydrogens is 347 g/mol. The number of nitrogens with one attached hydrogen (secondary N) is 2. The standard InChI is InChI=1S/C25H27FN2/c26-22-13-11-19(12-14-22)17-27-23-15-16-24(28-18-23)25(20-7-3-1-4-8-20)21-9-5-2-6-10-21/h1-14,23-25,27-28H,15-18H2/t23-,24?/m1/s1. The molecule has 3 aromatic carbocycles. The van der Waals surface area contributed by atoms with Crippen LogP contribution in [0.4, 0.5) is 4.39 Å². The third-order valence-electron chi connectivity index (χ3n) is 5.68. The molecule has 0 aromatic heterocycles. The molecule has 3 aromatic rings. The molecular formula is C25H27FN2. The van der Waals surface area contributed by atoms with Gasteiger partial charge >= 0.3 is 0 Å². The fraction of sp³-hybridized carbons (Fsp3) is 0.280. The molecule has 2 nitrogen and oxygen atoms in total. The average Bonchev–Trinajstić information content (AvgIpc) is 2.76. The van der Waals surface area contributed by atoms with Gasteiger partial charge in [0, 0.05) is 31.1 Å². The maximum Gasteiger partial charge on any atom is 0.123 e. The summed E-state index contributed by atoms with van der Waals surface area (Å²) in [4.78, 5) is 0. The van der Waals surface area contributed by atoms with Crippen molar-refractivity contribution >= 4 is 0 Å². The van der Waals surface area contributed by atoms with Crippen molar-refractivity contribution in [2.24, 2.45) is 0 Å². The van der Waals surface area contributed by atoms with Gasteiger partial charge < -0.3 is 10.6 Å². The molecule has 2 N–H and O–H groups in total. The van der Waals surface area contributed by atoms with E-state index in [1.807, 2.05) is 12.1 Å². The highest BCUT2D eigenvalue weighted by Crippen LogP contribution is 2.31. The summed E-state index contributed by atoms with van der Waals surface area (Å²) in [6, 6.07) is 29.2. The topological polar surface area (TPSA) is 24.1 Å². The summed E-state index contributed by atoms with van der Waals surface area (Å²) in [5.74, 6) is 0.180. The van der Waals surface area contributed by atoms with E-state index < -0.39 is 0 Å².